The SMILES string of the molecule is O=c1[nH]c2ccc(NCc3ccc(OCc4ccccc4)c(Br)c3)cc2[nH]1. The number of hydrogen-bond acceptors (Lipinski definition) is 3. The first-order valence-electron chi connectivity index (χ1n) is 8.58. The van der Waals surface area contributed by atoms with Gasteiger partial charge < -0.3 is 20.0 Å². The molecule has 0 aliphatic carbocycles. The van der Waals surface area contributed by atoms with Crippen molar-refractivity contribution in [1.29, 1.82) is 0 Å². The van der Waals surface area contributed by atoms with Gasteiger partial charge in [-0.3, -0.25) is 0 Å². The molecule has 0 atom stereocenters. The van der Waals surface area contributed by atoms with Crippen molar-refractivity contribution in [1.82, 2.24) is 9.97 Å². The van der Waals surface area contributed by atoms with Crippen LogP contribution in [0.25, 0.3) is 11.0 Å². The number of benzene rings is 3. The van der Waals surface area contributed by atoms with Crippen LogP contribution in [0.15, 0.2) is 76.0 Å². The summed E-state index contributed by atoms with van der Waals surface area (Å²) in [6.07, 6.45) is 0. The summed E-state index contributed by atoms with van der Waals surface area (Å²) in [6, 6.07) is 21.9. The van der Waals surface area contributed by atoms with Crippen LogP contribution in [0.3, 0.4) is 0 Å². The fourth-order valence-electron chi connectivity index (χ4n) is 2.85. The van der Waals surface area contributed by atoms with E-state index in [1.54, 1.807) is 0 Å². The molecule has 0 aliphatic heterocycles. The van der Waals surface area contributed by atoms with Crippen molar-refractivity contribution in [3.05, 3.63) is 92.8 Å². The number of halogens is 1. The number of aromatic amines is 2. The Morgan fingerprint density at radius 3 is 2.52 bits per heavy atom. The van der Waals surface area contributed by atoms with Crippen LogP contribution in [0.4, 0.5) is 5.69 Å². The Bertz CT molecular complexity index is 1120. The second-order valence-electron chi connectivity index (χ2n) is 6.23. The monoisotopic (exact) mass is 423 g/mol. The van der Waals surface area contributed by atoms with Crippen LogP contribution >= 0.6 is 15.9 Å². The van der Waals surface area contributed by atoms with E-state index in [0.717, 1.165) is 38.1 Å². The normalized spacial score (nSPS) is 10.9. The van der Waals surface area contributed by atoms with E-state index in [4.69, 9.17) is 4.74 Å². The highest BCUT2D eigenvalue weighted by Crippen LogP contribution is 2.27. The lowest BCUT2D eigenvalue weighted by atomic mass is 10.2. The molecule has 0 amide bonds. The summed E-state index contributed by atoms with van der Waals surface area (Å²) in [5, 5.41) is 3.37. The molecule has 0 spiro atoms. The molecule has 0 fully saturated rings. The topological polar surface area (TPSA) is 69.9 Å². The number of ether oxygens (including phenoxy) is 1. The average Bonchev–Trinajstić information content (AvgIpc) is 3.05. The van der Waals surface area contributed by atoms with Gasteiger partial charge in [0.1, 0.15) is 12.4 Å². The Hall–Kier alpha value is -2.99. The quantitative estimate of drug-likeness (QED) is 0.416. The molecule has 5 nitrogen and oxygen atoms in total. The number of nitrogens with one attached hydrogen (secondary N) is 3. The lowest BCUT2D eigenvalue weighted by Crippen LogP contribution is -2.01. The zero-order valence-corrected chi connectivity index (χ0v) is 16.0. The van der Waals surface area contributed by atoms with Crippen LogP contribution in [0.2, 0.25) is 0 Å². The summed E-state index contributed by atoms with van der Waals surface area (Å²) in [5.74, 6) is 0.814. The maximum atomic E-state index is 11.3. The summed E-state index contributed by atoms with van der Waals surface area (Å²) in [7, 11) is 0. The molecule has 1 heterocycles. The molecule has 0 aliphatic rings. The van der Waals surface area contributed by atoms with Crippen LogP contribution in [-0.2, 0) is 13.2 Å². The molecule has 0 saturated heterocycles. The molecule has 0 saturated carbocycles. The third-order valence-electron chi connectivity index (χ3n) is 4.25. The van der Waals surface area contributed by atoms with E-state index in [0.29, 0.717) is 13.2 Å². The first-order chi connectivity index (χ1) is 13.2. The van der Waals surface area contributed by atoms with Crippen LogP contribution in [0, 0.1) is 0 Å². The van der Waals surface area contributed by atoms with Crippen LogP contribution < -0.4 is 15.7 Å². The number of hydrogen-bond donors (Lipinski definition) is 3. The Kier molecular flexibility index (Phi) is 4.98. The van der Waals surface area contributed by atoms with Gasteiger partial charge in [-0.25, -0.2) is 4.79 Å². The van der Waals surface area contributed by atoms with Gasteiger partial charge in [0, 0.05) is 12.2 Å². The van der Waals surface area contributed by atoms with Crippen molar-refractivity contribution < 1.29 is 4.74 Å². The van der Waals surface area contributed by atoms with E-state index < -0.39 is 0 Å². The number of anilines is 1. The van der Waals surface area contributed by atoms with Gasteiger partial charge in [0.2, 0.25) is 0 Å². The third kappa shape index (κ3) is 4.23. The van der Waals surface area contributed by atoms with Gasteiger partial charge in [-0.15, -0.1) is 0 Å². The predicted octanol–water partition coefficient (Wildman–Crippen LogP) is 4.81. The van der Waals surface area contributed by atoms with Crippen molar-refractivity contribution in [3.63, 3.8) is 0 Å². The van der Waals surface area contributed by atoms with Crippen molar-refractivity contribution in [2.75, 3.05) is 5.32 Å². The molecule has 3 aromatic carbocycles. The van der Waals surface area contributed by atoms with E-state index in [1.165, 1.54) is 0 Å². The van der Waals surface area contributed by atoms with Crippen LogP contribution in [0.1, 0.15) is 11.1 Å². The van der Waals surface area contributed by atoms with Crippen molar-refractivity contribution in [2.45, 2.75) is 13.2 Å². The maximum absolute atomic E-state index is 11.3. The van der Waals surface area contributed by atoms with E-state index in [1.807, 2.05) is 66.7 Å². The van der Waals surface area contributed by atoms with Gasteiger partial charge >= 0.3 is 5.69 Å². The van der Waals surface area contributed by atoms with Crippen molar-refractivity contribution in [3.8, 4) is 5.75 Å². The largest absolute Gasteiger partial charge is 0.488 e. The van der Waals surface area contributed by atoms with Crippen molar-refractivity contribution in [2.24, 2.45) is 0 Å². The Morgan fingerprint density at radius 1 is 0.889 bits per heavy atom. The lowest BCUT2D eigenvalue weighted by molar-refractivity contribution is 0.304. The molecule has 27 heavy (non-hydrogen) atoms. The number of rotatable bonds is 6. The second-order valence-corrected chi connectivity index (χ2v) is 7.09. The molecule has 0 bridgehead atoms. The third-order valence-corrected chi connectivity index (χ3v) is 4.87. The van der Waals surface area contributed by atoms with E-state index in [-0.39, 0.29) is 5.69 Å². The highest BCUT2D eigenvalue weighted by molar-refractivity contribution is 9.10. The number of aromatic nitrogens is 2. The summed E-state index contributed by atoms with van der Waals surface area (Å²) >= 11 is 3.59. The molecule has 4 aromatic rings. The Balaban J connectivity index is 1.40. The first kappa shape index (κ1) is 17.4. The Morgan fingerprint density at radius 2 is 1.70 bits per heavy atom. The Labute approximate surface area is 164 Å². The fraction of sp³-hybridized carbons (Fsp3) is 0.0952. The molecule has 0 unspecified atom stereocenters. The molecule has 1 aromatic heterocycles. The summed E-state index contributed by atoms with van der Waals surface area (Å²) in [5.41, 5.74) is 4.59. The summed E-state index contributed by atoms with van der Waals surface area (Å²) in [4.78, 5) is 16.8. The number of H-pyrrole nitrogens is 2. The van der Waals surface area contributed by atoms with Gasteiger partial charge in [-0.2, -0.15) is 0 Å². The molecule has 3 N–H and O–H groups in total. The van der Waals surface area contributed by atoms with E-state index in [9.17, 15) is 4.79 Å². The predicted molar refractivity (Wildman–Crippen MR) is 111 cm³/mol. The standard InChI is InChI=1S/C21H18BrN3O2/c22-17-10-15(6-9-20(17)27-13-14-4-2-1-3-5-14)12-23-16-7-8-18-19(11-16)25-21(26)24-18/h1-11,23H,12-13H2,(H2,24,25,26). The highest BCUT2D eigenvalue weighted by atomic mass is 79.9. The zero-order chi connectivity index (χ0) is 18.6. The molecule has 4 rings (SSSR count). The first-order valence-corrected chi connectivity index (χ1v) is 9.38. The molecule has 0 radical (unpaired) electrons. The molecule has 6 heteroatoms. The zero-order valence-electron chi connectivity index (χ0n) is 14.5. The lowest BCUT2D eigenvalue weighted by Gasteiger charge is -2.11. The highest BCUT2D eigenvalue weighted by Gasteiger charge is 2.05. The molecular formula is C21H18BrN3O2. The summed E-state index contributed by atoms with van der Waals surface area (Å²) < 4.78 is 6.81. The average molecular weight is 424 g/mol. The second kappa shape index (κ2) is 7.72. The number of fused-ring (bicyclic) bond motifs is 1. The fourth-order valence-corrected chi connectivity index (χ4v) is 3.39. The van der Waals surface area contributed by atoms with Crippen LogP contribution in [0.5, 0.6) is 5.75 Å². The molecule has 136 valence electrons. The van der Waals surface area contributed by atoms with Crippen LogP contribution in [-0.4, -0.2) is 9.97 Å². The van der Waals surface area contributed by atoms with E-state index in [2.05, 4.69) is 31.2 Å². The maximum Gasteiger partial charge on any atom is 0.323 e. The smallest absolute Gasteiger partial charge is 0.323 e. The van der Waals surface area contributed by atoms with E-state index >= 15 is 0 Å². The summed E-state index contributed by atoms with van der Waals surface area (Å²) in [6.45, 7) is 1.20. The molecular weight excluding hydrogens is 406 g/mol. The van der Waals surface area contributed by atoms with Gasteiger partial charge in [0.25, 0.3) is 0 Å². The van der Waals surface area contributed by atoms with Crippen molar-refractivity contribution >= 4 is 32.7 Å². The minimum Gasteiger partial charge on any atom is -0.488 e. The number of imidazole rings is 1. The minimum absolute atomic E-state index is 0.197. The van der Waals surface area contributed by atoms with Gasteiger partial charge in [-0.05, 0) is 57.4 Å². The minimum atomic E-state index is -0.197. The van der Waals surface area contributed by atoms with Gasteiger partial charge in [0.05, 0.1) is 15.5 Å². The van der Waals surface area contributed by atoms with Gasteiger partial charge in [-0.1, -0.05) is 36.4 Å². The van der Waals surface area contributed by atoms with Gasteiger partial charge in [0.15, 0.2) is 0 Å².